The third kappa shape index (κ3) is 2.46. The highest BCUT2D eigenvalue weighted by molar-refractivity contribution is 7.26. The molecule has 0 aliphatic carbocycles. The Bertz CT molecular complexity index is 766. The second-order valence-electron chi connectivity index (χ2n) is 3.95. The normalized spacial score (nSPS) is 10.7. The number of nitrogens with zero attached hydrogens (tertiary/aromatic N) is 2. The molecule has 0 amide bonds. The Hall–Kier alpha value is -2.10. The van der Waals surface area contributed by atoms with Gasteiger partial charge in [-0.2, -0.15) is 0 Å². The van der Waals surface area contributed by atoms with Crippen LogP contribution in [0.2, 0.25) is 0 Å². The molecule has 3 heterocycles. The van der Waals surface area contributed by atoms with Crippen LogP contribution in [0.15, 0.2) is 35.0 Å². The third-order valence-corrected chi connectivity index (χ3v) is 5.99. The van der Waals surface area contributed by atoms with Crippen LogP contribution in [0.3, 0.4) is 0 Å². The van der Waals surface area contributed by atoms with Gasteiger partial charge in [0, 0.05) is 12.1 Å². The molecule has 0 radical (unpaired) electrons. The van der Waals surface area contributed by atoms with Crippen LogP contribution in [0.1, 0.15) is 0 Å². The molecule has 0 N–H and O–H groups in total. The SMILES string of the molecule is O=[N+]([O-])c1ccsc1-c1ccc(-c2sccc2[N+](=O)[O-])s1. The van der Waals surface area contributed by atoms with Gasteiger partial charge >= 0.3 is 0 Å². The van der Waals surface area contributed by atoms with Crippen molar-refractivity contribution in [1.29, 1.82) is 0 Å². The number of nitro groups is 2. The summed E-state index contributed by atoms with van der Waals surface area (Å²) in [6.07, 6.45) is 0. The van der Waals surface area contributed by atoms with E-state index in [9.17, 15) is 20.2 Å². The van der Waals surface area contributed by atoms with Gasteiger partial charge in [0.1, 0.15) is 9.75 Å². The minimum Gasteiger partial charge on any atom is -0.258 e. The molecular formula is C12H6N2O4S3. The summed E-state index contributed by atoms with van der Waals surface area (Å²) in [5.41, 5.74) is 0.128. The molecule has 0 atom stereocenters. The van der Waals surface area contributed by atoms with Gasteiger partial charge in [0.05, 0.1) is 19.6 Å². The van der Waals surface area contributed by atoms with E-state index in [0.717, 1.165) is 9.75 Å². The Kier molecular flexibility index (Phi) is 3.53. The second kappa shape index (κ2) is 5.35. The summed E-state index contributed by atoms with van der Waals surface area (Å²) in [4.78, 5) is 23.7. The highest BCUT2D eigenvalue weighted by Gasteiger charge is 2.22. The van der Waals surface area contributed by atoms with Gasteiger partial charge in [-0.1, -0.05) is 0 Å². The molecule has 6 nitrogen and oxygen atoms in total. The molecule has 0 aliphatic rings. The lowest BCUT2D eigenvalue weighted by Crippen LogP contribution is -1.86. The highest BCUT2D eigenvalue weighted by Crippen LogP contribution is 2.45. The van der Waals surface area contributed by atoms with Crippen LogP contribution in [0.4, 0.5) is 11.4 Å². The van der Waals surface area contributed by atoms with Crippen molar-refractivity contribution < 1.29 is 9.85 Å². The van der Waals surface area contributed by atoms with Gasteiger partial charge in [0.15, 0.2) is 0 Å². The summed E-state index contributed by atoms with van der Waals surface area (Å²) >= 11 is 3.90. The minimum atomic E-state index is -0.418. The molecule has 0 spiro atoms. The van der Waals surface area contributed by atoms with Gasteiger partial charge in [-0.15, -0.1) is 34.0 Å². The molecule has 3 aromatic rings. The first kappa shape index (κ1) is 13.9. The van der Waals surface area contributed by atoms with Gasteiger partial charge in [-0.25, -0.2) is 0 Å². The van der Waals surface area contributed by atoms with E-state index >= 15 is 0 Å². The maximum Gasteiger partial charge on any atom is 0.288 e. The zero-order valence-electron chi connectivity index (χ0n) is 10.2. The summed E-state index contributed by atoms with van der Waals surface area (Å²) in [6.45, 7) is 0. The van der Waals surface area contributed by atoms with E-state index in [4.69, 9.17) is 0 Å². The number of hydrogen-bond donors (Lipinski definition) is 0. The van der Waals surface area contributed by atoms with Gasteiger partial charge < -0.3 is 0 Å². The van der Waals surface area contributed by atoms with Crippen molar-refractivity contribution in [2.75, 3.05) is 0 Å². The molecule has 3 rings (SSSR count). The van der Waals surface area contributed by atoms with Crippen molar-refractivity contribution in [3.8, 4) is 19.5 Å². The second-order valence-corrected chi connectivity index (χ2v) is 6.86. The zero-order chi connectivity index (χ0) is 15.0. The molecule has 3 aromatic heterocycles. The summed E-state index contributed by atoms with van der Waals surface area (Å²) in [5.74, 6) is 0. The van der Waals surface area contributed by atoms with E-state index in [1.807, 2.05) is 0 Å². The van der Waals surface area contributed by atoms with E-state index in [2.05, 4.69) is 0 Å². The molecule has 0 saturated carbocycles. The van der Waals surface area contributed by atoms with Crippen molar-refractivity contribution in [2.24, 2.45) is 0 Å². The quantitative estimate of drug-likeness (QED) is 0.493. The fourth-order valence-electron chi connectivity index (χ4n) is 1.84. The molecule has 0 unspecified atom stereocenters. The lowest BCUT2D eigenvalue weighted by Gasteiger charge is -1.93. The zero-order valence-corrected chi connectivity index (χ0v) is 12.7. The van der Waals surface area contributed by atoms with Crippen LogP contribution in [0.25, 0.3) is 19.5 Å². The molecule has 0 bridgehead atoms. The maximum absolute atomic E-state index is 11.0. The Morgan fingerprint density at radius 3 is 1.57 bits per heavy atom. The Balaban J connectivity index is 2.04. The van der Waals surface area contributed by atoms with Crippen LogP contribution < -0.4 is 0 Å². The van der Waals surface area contributed by atoms with E-state index in [1.54, 1.807) is 22.9 Å². The van der Waals surface area contributed by atoms with Crippen molar-refractivity contribution in [1.82, 2.24) is 0 Å². The average Bonchev–Trinajstić information content (AvgIpc) is 3.17. The van der Waals surface area contributed by atoms with Gasteiger partial charge in [-0.3, -0.25) is 20.2 Å². The predicted octanol–water partition coefficient (Wildman–Crippen LogP) is 5.02. The third-order valence-electron chi connectivity index (χ3n) is 2.74. The Morgan fingerprint density at radius 2 is 1.19 bits per heavy atom. The highest BCUT2D eigenvalue weighted by atomic mass is 32.1. The van der Waals surface area contributed by atoms with Crippen LogP contribution in [-0.4, -0.2) is 9.85 Å². The summed E-state index contributed by atoms with van der Waals surface area (Å²) in [6, 6.07) is 6.46. The van der Waals surface area contributed by atoms with Crippen LogP contribution in [0, 0.1) is 20.2 Å². The fraction of sp³-hybridized carbons (Fsp3) is 0. The van der Waals surface area contributed by atoms with E-state index in [0.29, 0.717) is 9.75 Å². The standard InChI is InChI=1S/C12H6N2O4S3/c15-13(16)7-3-5-19-11(7)9-1-2-10(21-9)12-8(14(17)18)4-6-20-12/h1-6H. The smallest absolute Gasteiger partial charge is 0.258 e. The Morgan fingerprint density at radius 1 is 0.762 bits per heavy atom. The molecule has 0 fully saturated rings. The predicted molar refractivity (Wildman–Crippen MR) is 84.3 cm³/mol. The van der Waals surface area contributed by atoms with Gasteiger partial charge in [0.25, 0.3) is 11.4 Å². The largest absolute Gasteiger partial charge is 0.288 e. The van der Waals surface area contributed by atoms with Crippen molar-refractivity contribution in [3.05, 3.63) is 55.3 Å². The summed E-state index contributed by atoms with van der Waals surface area (Å²) < 4.78 is 0. The van der Waals surface area contributed by atoms with E-state index in [-0.39, 0.29) is 11.4 Å². The molecule has 0 aliphatic heterocycles. The molecular weight excluding hydrogens is 332 g/mol. The molecule has 0 aromatic carbocycles. The first-order chi connectivity index (χ1) is 10.1. The average molecular weight is 338 g/mol. The van der Waals surface area contributed by atoms with E-state index < -0.39 is 9.85 Å². The van der Waals surface area contributed by atoms with Crippen LogP contribution >= 0.6 is 34.0 Å². The first-order valence-corrected chi connectivity index (χ1v) is 8.20. The number of rotatable bonds is 4. The summed E-state index contributed by atoms with van der Waals surface area (Å²) in [7, 11) is 0. The fourth-order valence-corrected chi connectivity index (χ4v) is 4.85. The molecule has 9 heteroatoms. The van der Waals surface area contributed by atoms with Crippen molar-refractivity contribution in [3.63, 3.8) is 0 Å². The minimum absolute atomic E-state index is 0.0640. The lowest BCUT2D eigenvalue weighted by molar-refractivity contribution is -0.383. The summed E-state index contributed by atoms with van der Waals surface area (Å²) in [5, 5.41) is 25.3. The Labute approximate surface area is 130 Å². The van der Waals surface area contributed by atoms with Crippen LogP contribution in [-0.2, 0) is 0 Å². The monoisotopic (exact) mass is 338 g/mol. The lowest BCUT2D eigenvalue weighted by atomic mass is 10.3. The maximum atomic E-state index is 11.0. The molecule has 106 valence electrons. The number of thiophene rings is 3. The van der Waals surface area contributed by atoms with E-state index in [1.165, 1.54) is 46.1 Å². The topological polar surface area (TPSA) is 86.3 Å². The van der Waals surface area contributed by atoms with Gasteiger partial charge in [-0.05, 0) is 22.9 Å². The van der Waals surface area contributed by atoms with Gasteiger partial charge in [0.2, 0.25) is 0 Å². The number of hydrogen-bond acceptors (Lipinski definition) is 7. The van der Waals surface area contributed by atoms with Crippen LogP contribution in [0.5, 0.6) is 0 Å². The van der Waals surface area contributed by atoms with Crippen molar-refractivity contribution in [2.45, 2.75) is 0 Å². The first-order valence-electron chi connectivity index (χ1n) is 5.62. The van der Waals surface area contributed by atoms with Crippen molar-refractivity contribution >= 4 is 45.4 Å². The molecule has 0 saturated heterocycles. The molecule has 21 heavy (non-hydrogen) atoms.